The molecular weight excluding hydrogens is 585 g/mol. The van der Waals surface area contributed by atoms with Gasteiger partial charge in [0.25, 0.3) is 5.91 Å². The van der Waals surface area contributed by atoms with Gasteiger partial charge in [0.05, 0.1) is 12.8 Å². The third-order valence-corrected chi connectivity index (χ3v) is 8.44. The molecule has 0 aliphatic carbocycles. The largest absolute Gasteiger partial charge is 0.493 e. The first-order valence-electron chi connectivity index (χ1n) is 16.4. The van der Waals surface area contributed by atoms with Crippen molar-refractivity contribution in [1.29, 1.82) is 0 Å². The van der Waals surface area contributed by atoms with Gasteiger partial charge in [0.2, 0.25) is 0 Å². The summed E-state index contributed by atoms with van der Waals surface area (Å²) in [6, 6.07) is 16.3. The average Bonchev–Trinajstić information content (AvgIpc) is 3.08. The zero-order valence-electron chi connectivity index (χ0n) is 27.5. The fourth-order valence-electron chi connectivity index (χ4n) is 5.44. The van der Waals surface area contributed by atoms with Crippen molar-refractivity contribution in [3.05, 3.63) is 72.0 Å². The van der Waals surface area contributed by atoms with E-state index in [9.17, 15) is 14.0 Å². The third-order valence-electron chi connectivity index (χ3n) is 8.44. The maximum Gasteiger partial charge on any atom is 0.319 e. The van der Waals surface area contributed by atoms with E-state index in [1.165, 1.54) is 58.5 Å². The number of carbonyl (C=O) groups excluding carboxylic acids is 2. The molecule has 3 aromatic carbocycles. The second kappa shape index (κ2) is 17.4. The number of likely N-dealkylation sites (tertiary alicyclic amines) is 1. The van der Waals surface area contributed by atoms with E-state index < -0.39 is 11.8 Å². The van der Waals surface area contributed by atoms with Crippen molar-refractivity contribution in [2.75, 3.05) is 49.2 Å². The van der Waals surface area contributed by atoms with Gasteiger partial charge in [-0.3, -0.25) is 4.79 Å². The molecule has 3 aromatic rings. The number of hydrogen-bond acceptors (Lipinski definition) is 6. The number of methoxy groups -OCH3 is 1. The van der Waals surface area contributed by atoms with Crippen LogP contribution in [0.25, 0.3) is 0 Å². The van der Waals surface area contributed by atoms with Crippen LogP contribution in [-0.2, 0) is 0 Å². The molecule has 248 valence electrons. The minimum atomic E-state index is -0.663. The van der Waals surface area contributed by atoms with E-state index >= 15 is 0 Å². The summed E-state index contributed by atoms with van der Waals surface area (Å²) in [5.74, 6) is 0.603. The summed E-state index contributed by atoms with van der Waals surface area (Å²) in [6.07, 6.45) is 6.50. The molecule has 0 aromatic heterocycles. The van der Waals surface area contributed by atoms with Crippen LogP contribution in [0.4, 0.5) is 26.2 Å². The van der Waals surface area contributed by atoms with E-state index in [1.807, 2.05) is 38.1 Å². The number of nitrogens with one attached hydrogen (secondary N) is 4. The number of piperidine rings is 1. The van der Waals surface area contributed by atoms with E-state index in [1.54, 1.807) is 24.3 Å². The van der Waals surface area contributed by atoms with Gasteiger partial charge in [0.15, 0.2) is 17.3 Å². The molecule has 1 aliphatic heterocycles. The molecule has 0 radical (unpaired) electrons. The number of benzene rings is 3. The Kier molecular flexibility index (Phi) is 13.1. The lowest BCUT2D eigenvalue weighted by Gasteiger charge is -2.32. The Morgan fingerprint density at radius 3 is 2.22 bits per heavy atom. The minimum absolute atomic E-state index is 0.00129. The number of halogens is 1. The number of ether oxygens (including phenoxy) is 2. The molecule has 46 heavy (non-hydrogen) atoms. The first kappa shape index (κ1) is 34.6. The van der Waals surface area contributed by atoms with Crippen molar-refractivity contribution in [1.82, 2.24) is 10.2 Å². The van der Waals surface area contributed by atoms with Gasteiger partial charge in [-0.05, 0) is 106 Å². The number of unbranched alkanes of at least 4 members (excludes halogenated alkanes) is 1. The molecule has 4 N–H and O–H groups in total. The summed E-state index contributed by atoms with van der Waals surface area (Å²) >= 11 is 0. The number of urea groups is 1. The van der Waals surface area contributed by atoms with E-state index in [0.29, 0.717) is 22.9 Å². The van der Waals surface area contributed by atoms with Crippen LogP contribution in [-0.4, -0.2) is 56.2 Å². The van der Waals surface area contributed by atoms with Gasteiger partial charge in [-0.2, -0.15) is 0 Å². The van der Waals surface area contributed by atoms with E-state index in [-0.39, 0.29) is 29.1 Å². The Hall–Kier alpha value is -4.31. The smallest absolute Gasteiger partial charge is 0.319 e. The summed E-state index contributed by atoms with van der Waals surface area (Å²) < 4.78 is 26.1. The highest BCUT2D eigenvalue weighted by Crippen LogP contribution is 2.36. The molecule has 9 nitrogen and oxygen atoms in total. The predicted molar refractivity (Wildman–Crippen MR) is 183 cm³/mol. The van der Waals surface area contributed by atoms with Crippen LogP contribution in [0, 0.1) is 11.7 Å². The van der Waals surface area contributed by atoms with Crippen LogP contribution in [0.2, 0.25) is 0 Å². The van der Waals surface area contributed by atoms with Crippen molar-refractivity contribution in [3.8, 4) is 17.2 Å². The van der Waals surface area contributed by atoms with Crippen LogP contribution in [0.5, 0.6) is 17.2 Å². The van der Waals surface area contributed by atoms with Gasteiger partial charge >= 0.3 is 6.03 Å². The average molecular weight is 634 g/mol. The van der Waals surface area contributed by atoms with E-state index in [4.69, 9.17) is 9.47 Å². The van der Waals surface area contributed by atoms with Crippen molar-refractivity contribution in [2.45, 2.75) is 65.3 Å². The minimum Gasteiger partial charge on any atom is -0.493 e. The van der Waals surface area contributed by atoms with Crippen LogP contribution in [0.1, 0.15) is 69.7 Å². The first-order chi connectivity index (χ1) is 22.3. The normalized spacial score (nSPS) is 13.7. The molecule has 3 amide bonds. The molecule has 1 heterocycles. The Morgan fingerprint density at radius 2 is 1.59 bits per heavy atom. The van der Waals surface area contributed by atoms with Crippen LogP contribution < -0.4 is 30.7 Å². The zero-order chi connectivity index (χ0) is 32.9. The standard InChI is InChI=1S/C36H48FN5O4/c1-5-8-19-42-20-17-25(18-21-42)24-38-28-11-9-26(10-12-28)35(43)39-29-13-15-30(16-14-29)46-34-22-31(37)32(23-33(34)45-4)41-36(44)40-27(6-2)7-3/h9-16,22-23,25,27,38H,5-8,17-21,24H2,1-4H3,(H,39,43)(H2,40,41,44). The Morgan fingerprint density at radius 1 is 0.913 bits per heavy atom. The summed E-state index contributed by atoms with van der Waals surface area (Å²) in [7, 11) is 1.44. The summed E-state index contributed by atoms with van der Waals surface area (Å²) in [6.45, 7) is 10.7. The topological polar surface area (TPSA) is 104 Å². The molecule has 0 spiro atoms. The van der Waals surface area contributed by atoms with Crippen LogP contribution in [0.3, 0.4) is 0 Å². The lowest BCUT2D eigenvalue weighted by Crippen LogP contribution is -2.37. The number of carbonyl (C=O) groups is 2. The molecule has 1 aliphatic rings. The molecular formula is C36H48FN5O4. The highest BCUT2D eigenvalue weighted by Gasteiger charge is 2.19. The Bertz CT molecular complexity index is 1410. The molecule has 10 heteroatoms. The van der Waals surface area contributed by atoms with Crippen molar-refractivity contribution in [2.24, 2.45) is 5.92 Å². The van der Waals surface area contributed by atoms with Gasteiger partial charge in [-0.25, -0.2) is 9.18 Å². The lowest BCUT2D eigenvalue weighted by molar-refractivity contribution is 0.102. The maximum absolute atomic E-state index is 14.9. The fourth-order valence-corrected chi connectivity index (χ4v) is 5.44. The SMILES string of the molecule is CCCCN1CCC(CNc2ccc(C(=O)Nc3ccc(Oc4cc(F)c(NC(=O)NC(CC)CC)cc4OC)cc3)cc2)CC1. The quantitative estimate of drug-likeness (QED) is 0.135. The number of amides is 3. The predicted octanol–water partition coefficient (Wildman–Crippen LogP) is 8.11. The molecule has 0 saturated carbocycles. The van der Waals surface area contributed by atoms with Gasteiger partial charge < -0.3 is 35.6 Å². The van der Waals surface area contributed by atoms with E-state index in [0.717, 1.165) is 31.1 Å². The number of hydrogen-bond donors (Lipinski definition) is 4. The molecule has 0 bridgehead atoms. The molecule has 0 unspecified atom stereocenters. The number of nitrogens with zero attached hydrogens (tertiary/aromatic N) is 1. The highest BCUT2D eigenvalue weighted by molar-refractivity contribution is 6.04. The second-order valence-corrected chi connectivity index (χ2v) is 11.8. The maximum atomic E-state index is 14.9. The third kappa shape index (κ3) is 10.1. The van der Waals surface area contributed by atoms with Gasteiger partial charge in [0.1, 0.15) is 5.75 Å². The summed E-state index contributed by atoms with van der Waals surface area (Å²) in [4.78, 5) is 27.7. The molecule has 1 fully saturated rings. The van der Waals surface area contributed by atoms with Gasteiger partial charge in [-0.1, -0.05) is 27.2 Å². The summed E-state index contributed by atoms with van der Waals surface area (Å²) in [5, 5.41) is 11.8. The monoisotopic (exact) mass is 633 g/mol. The molecule has 0 atom stereocenters. The van der Waals surface area contributed by atoms with Crippen LogP contribution >= 0.6 is 0 Å². The summed E-state index contributed by atoms with van der Waals surface area (Å²) in [5.41, 5.74) is 2.13. The van der Waals surface area contributed by atoms with Crippen molar-refractivity contribution < 1.29 is 23.5 Å². The van der Waals surface area contributed by atoms with Crippen molar-refractivity contribution >= 4 is 29.0 Å². The first-order valence-corrected chi connectivity index (χ1v) is 16.4. The zero-order valence-corrected chi connectivity index (χ0v) is 27.5. The van der Waals surface area contributed by atoms with Gasteiger partial charge in [0, 0.05) is 41.7 Å². The second-order valence-electron chi connectivity index (χ2n) is 11.8. The Labute approximate surface area is 272 Å². The fraction of sp³-hybridized carbons (Fsp3) is 0.444. The molecule has 1 saturated heterocycles. The van der Waals surface area contributed by atoms with Gasteiger partial charge in [-0.15, -0.1) is 0 Å². The number of anilines is 3. The van der Waals surface area contributed by atoms with E-state index in [2.05, 4.69) is 33.1 Å². The highest BCUT2D eigenvalue weighted by atomic mass is 19.1. The molecule has 4 rings (SSSR count). The lowest BCUT2D eigenvalue weighted by atomic mass is 9.96. The van der Waals surface area contributed by atoms with Crippen molar-refractivity contribution in [3.63, 3.8) is 0 Å². The van der Waals surface area contributed by atoms with Crippen LogP contribution in [0.15, 0.2) is 60.7 Å². The number of rotatable bonds is 15. The Balaban J connectivity index is 1.27.